The molecule has 3 N–H and O–H groups in total. The van der Waals surface area contributed by atoms with E-state index >= 15 is 0 Å². The minimum Gasteiger partial charge on any atom is -0.389 e. The summed E-state index contributed by atoms with van der Waals surface area (Å²) in [5, 5.41) is 26.2. The Balaban J connectivity index is 1.88. The molecule has 5 nitrogen and oxygen atoms in total. The molecule has 0 aromatic carbocycles. The van der Waals surface area contributed by atoms with E-state index in [4.69, 9.17) is 0 Å². The summed E-state index contributed by atoms with van der Waals surface area (Å²) in [5.74, 6) is -1.21. The van der Waals surface area contributed by atoms with Gasteiger partial charge in [0.15, 0.2) is 5.54 Å². The summed E-state index contributed by atoms with van der Waals surface area (Å²) in [6.07, 6.45) is 15.4. The average molecular weight is 452 g/mol. The van der Waals surface area contributed by atoms with Crippen molar-refractivity contribution >= 4 is 22.8 Å². The molecule has 0 aromatic heterocycles. The van der Waals surface area contributed by atoms with Gasteiger partial charge in [-0.1, -0.05) is 75.8 Å². The fraction of sp³-hybridized carbons (Fsp3) is 0.840. The first-order valence-corrected chi connectivity index (χ1v) is 13.3. The van der Waals surface area contributed by atoms with Crippen LogP contribution in [0, 0.1) is 11.8 Å². The van der Waals surface area contributed by atoms with E-state index in [2.05, 4.69) is 12.2 Å². The van der Waals surface area contributed by atoms with Gasteiger partial charge in [0.25, 0.3) is 0 Å². The molecular weight excluding hydrogens is 410 g/mol. The number of hydrogen-bond donors (Lipinski definition) is 3. The van der Waals surface area contributed by atoms with Crippen molar-refractivity contribution in [2.24, 2.45) is 11.8 Å². The van der Waals surface area contributed by atoms with Crippen molar-refractivity contribution < 1.29 is 19.8 Å². The lowest BCUT2D eigenvalue weighted by atomic mass is 9.68. The SMILES string of the molecule is CCCCCC[C@H]1C(=O)N[C@](C(=O)SC2CCCCC2)([C@@H](O)[C@@H]2C=CCCC2)[C@@]1(C)O. The van der Waals surface area contributed by atoms with E-state index in [-0.39, 0.29) is 22.2 Å². The monoisotopic (exact) mass is 451 g/mol. The van der Waals surface area contributed by atoms with Gasteiger partial charge in [0, 0.05) is 11.2 Å². The van der Waals surface area contributed by atoms with Crippen LogP contribution in [0.15, 0.2) is 12.2 Å². The molecule has 0 unspecified atom stereocenters. The number of unbranched alkanes of at least 4 members (excludes halogenated alkanes) is 3. The lowest BCUT2D eigenvalue weighted by molar-refractivity contribution is -0.142. The highest BCUT2D eigenvalue weighted by atomic mass is 32.2. The maximum absolute atomic E-state index is 13.8. The minimum absolute atomic E-state index is 0.198. The summed E-state index contributed by atoms with van der Waals surface area (Å²) < 4.78 is 0. The second-order valence-electron chi connectivity index (χ2n) is 9.98. The highest BCUT2D eigenvalue weighted by Gasteiger charge is 2.68. The van der Waals surface area contributed by atoms with Crippen LogP contribution >= 0.6 is 11.8 Å². The Bertz CT molecular complexity index is 658. The zero-order chi connectivity index (χ0) is 22.5. The predicted octanol–water partition coefficient (Wildman–Crippen LogP) is 4.50. The van der Waals surface area contributed by atoms with Crippen LogP contribution in [0.5, 0.6) is 0 Å². The van der Waals surface area contributed by atoms with Crippen LogP contribution in [0.4, 0.5) is 0 Å². The van der Waals surface area contributed by atoms with E-state index in [1.165, 1.54) is 18.2 Å². The Morgan fingerprint density at radius 3 is 2.58 bits per heavy atom. The molecule has 31 heavy (non-hydrogen) atoms. The Morgan fingerprint density at radius 2 is 1.94 bits per heavy atom. The molecule has 0 radical (unpaired) electrons. The van der Waals surface area contributed by atoms with Gasteiger partial charge in [-0.3, -0.25) is 9.59 Å². The van der Waals surface area contributed by atoms with Crippen molar-refractivity contribution in [1.29, 1.82) is 0 Å². The van der Waals surface area contributed by atoms with Gasteiger partial charge in [-0.2, -0.15) is 0 Å². The molecule has 0 spiro atoms. The van der Waals surface area contributed by atoms with E-state index in [0.717, 1.165) is 70.6 Å². The van der Waals surface area contributed by atoms with Crippen LogP contribution in [0.25, 0.3) is 0 Å². The number of amides is 1. The maximum Gasteiger partial charge on any atom is 0.227 e. The predicted molar refractivity (Wildman–Crippen MR) is 126 cm³/mol. The Hall–Kier alpha value is -0.850. The van der Waals surface area contributed by atoms with Crippen molar-refractivity contribution in [2.75, 3.05) is 0 Å². The first-order chi connectivity index (χ1) is 14.8. The number of aliphatic hydroxyl groups is 2. The van der Waals surface area contributed by atoms with Crippen LogP contribution in [0.2, 0.25) is 0 Å². The molecule has 3 aliphatic rings. The third-order valence-corrected chi connectivity index (χ3v) is 9.09. The Kier molecular flexibility index (Phi) is 8.67. The van der Waals surface area contributed by atoms with Gasteiger partial charge in [-0.15, -0.1) is 0 Å². The number of carbonyl (C=O) groups excluding carboxylic acids is 2. The minimum atomic E-state index is -1.66. The van der Waals surface area contributed by atoms with E-state index in [1.54, 1.807) is 6.92 Å². The molecular formula is C25H41NO4S. The second-order valence-corrected chi connectivity index (χ2v) is 11.3. The van der Waals surface area contributed by atoms with Gasteiger partial charge in [-0.25, -0.2) is 0 Å². The number of rotatable bonds is 9. The topological polar surface area (TPSA) is 86.6 Å². The van der Waals surface area contributed by atoms with Crippen molar-refractivity contribution in [2.45, 2.75) is 120 Å². The molecule has 1 aliphatic heterocycles. The standard InChI is InChI=1S/C25H41NO4S/c1-3-4-5-12-17-20-22(28)26-25(24(20,2)30,21(27)18-13-8-6-9-14-18)23(29)31-19-15-10-7-11-16-19/h8,13,18-21,27,30H,3-7,9-12,14-17H2,1-2H3,(H,26,28)/t18-,20+,21+,24+,25+/m1/s1. The van der Waals surface area contributed by atoms with E-state index in [0.29, 0.717) is 6.42 Å². The largest absolute Gasteiger partial charge is 0.389 e. The van der Waals surface area contributed by atoms with Gasteiger partial charge < -0.3 is 15.5 Å². The normalized spacial score (nSPS) is 35.2. The van der Waals surface area contributed by atoms with Crippen molar-refractivity contribution in [1.82, 2.24) is 5.32 Å². The van der Waals surface area contributed by atoms with Crippen molar-refractivity contribution in [3.63, 3.8) is 0 Å². The first-order valence-electron chi connectivity index (χ1n) is 12.4. The van der Waals surface area contributed by atoms with Gasteiger partial charge in [0.1, 0.15) is 5.60 Å². The van der Waals surface area contributed by atoms with Crippen molar-refractivity contribution in [3.05, 3.63) is 12.2 Å². The number of allylic oxidation sites excluding steroid dienone is 1. The van der Waals surface area contributed by atoms with Crippen LogP contribution in [-0.4, -0.2) is 43.7 Å². The summed E-state index contributed by atoms with van der Waals surface area (Å²) in [6, 6.07) is 0. The molecule has 1 saturated carbocycles. The van der Waals surface area contributed by atoms with Gasteiger partial charge in [0.05, 0.1) is 12.0 Å². The molecule has 0 aromatic rings. The summed E-state index contributed by atoms with van der Waals surface area (Å²) in [5.41, 5.74) is -3.28. The van der Waals surface area contributed by atoms with Gasteiger partial charge >= 0.3 is 0 Å². The van der Waals surface area contributed by atoms with E-state index in [9.17, 15) is 19.8 Å². The second kappa shape index (κ2) is 10.8. The molecule has 3 rings (SSSR count). The van der Waals surface area contributed by atoms with Crippen LogP contribution in [-0.2, 0) is 9.59 Å². The van der Waals surface area contributed by atoms with E-state index in [1.807, 2.05) is 12.2 Å². The number of nitrogens with one attached hydrogen (secondary N) is 1. The fourth-order valence-corrected chi connectivity index (χ4v) is 7.16. The molecule has 2 fully saturated rings. The quantitative estimate of drug-likeness (QED) is 0.355. The zero-order valence-corrected chi connectivity index (χ0v) is 20.1. The van der Waals surface area contributed by atoms with Crippen molar-refractivity contribution in [3.8, 4) is 0 Å². The third-order valence-electron chi connectivity index (χ3n) is 7.75. The molecule has 0 bridgehead atoms. The van der Waals surface area contributed by atoms with Gasteiger partial charge in [-0.05, 0) is 45.4 Å². The number of carbonyl (C=O) groups is 2. The molecule has 6 heteroatoms. The third kappa shape index (κ3) is 5.06. The molecule has 2 aliphatic carbocycles. The molecule has 5 atom stereocenters. The molecule has 1 saturated heterocycles. The summed E-state index contributed by atoms with van der Waals surface area (Å²) in [7, 11) is 0. The zero-order valence-electron chi connectivity index (χ0n) is 19.3. The highest BCUT2D eigenvalue weighted by molar-refractivity contribution is 8.14. The molecule has 1 heterocycles. The smallest absolute Gasteiger partial charge is 0.227 e. The number of thioether (sulfide) groups is 1. The lowest BCUT2D eigenvalue weighted by Gasteiger charge is -2.45. The Morgan fingerprint density at radius 1 is 1.19 bits per heavy atom. The summed E-state index contributed by atoms with van der Waals surface area (Å²) >= 11 is 1.25. The van der Waals surface area contributed by atoms with Gasteiger partial charge in [0.2, 0.25) is 11.0 Å². The number of hydrogen-bond acceptors (Lipinski definition) is 5. The van der Waals surface area contributed by atoms with Crippen LogP contribution < -0.4 is 5.32 Å². The molecule has 176 valence electrons. The fourth-order valence-electron chi connectivity index (χ4n) is 5.73. The van der Waals surface area contributed by atoms with Crippen LogP contribution in [0.3, 0.4) is 0 Å². The number of aliphatic hydroxyl groups excluding tert-OH is 1. The summed E-state index contributed by atoms with van der Waals surface area (Å²) in [6.45, 7) is 3.74. The summed E-state index contributed by atoms with van der Waals surface area (Å²) in [4.78, 5) is 26.9. The maximum atomic E-state index is 13.8. The highest BCUT2D eigenvalue weighted by Crippen LogP contribution is 2.47. The molecule has 1 amide bonds. The van der Waals surface area contributed by atoms with Crippen LogP contribution in [0.1, 0.15) is 97.3 Å². The first kappa shape index (κ1) is 24.8. The average Bonchev–Trinajstić information content (AvgIpc) is 2.98. The Labute approximate surface area is 191 Å². The van der Waals surface area contributed by atoms with E-state index < -0.39 is 23.2 Å². The lowest BCUT2D eigenvalue weighted by Crippen LogP contribution is -2.69.